The molecular formula is C30H23NO11. The number of phenols is 5. The summed E-state index contributed by atoms with van der Waals surface area (Å²) in [5.74, 6) is -3.26. The number of ether oxygens (including phenoxy) is 3. The molecule has 0 fully saturated rings. The molecule has 4 aromatic rings. The van der Waals surface area contributed by atoms with E-state index in [0.29, 0.717) is 27.8 Å². The fraction of sp³-hybridized carbons (Fsp3) is 0.200. The van der Waals surface area contributed by atoms with Crippen molar-refractivity contribution in [3.63, 3.8) is 0 Å². The van der Waals surface area contributed by atoms with Crippen molar-refractivity contribution >= 4 is 5.69 Å². The Balaban J connectivity index is 1.44. The van der Waals surface area contributed by atoms with Crippen molar-refractivity contribution in [3.8, 4) is 46.0 Å². The first-order chi connectivity index (χ1) is 20.0. The number of nitro benzene ring substituents is 1. The predicted molar refractivity (Wildman–Crippen MR) is 143 cm³/mol. The second-order valence-corrected chi connectivity index (χ2v) is 10.6. The first-order valence-electron chi connectivity index (χ1n) is 13.0. The number of nitro groups is 1. The maximum atomic E-state index is 11.7. The molecular weight excluding hydrogens is 550 g/mol. The quantitative estimate of drug-likeness (QED) is 0.116. The molecule has 0 saturated heterocycles. The number of aromatic hydroxyl groups is 5. The van der Waals surface area contributed by atoms with E-state index in [4.69, 9.17) is 14.2 Å². The number of benzene rings is 4. The fourth-order valence-corrected chi connectivity index (χ4v) is 6.06. The molecule has 12 heteroatoms. The van der Waals surface area contributed by atoms with E-state index >= 15 is 0 Å². The number of fused-ring (bicyclic) bond motifs is 8. The van der Waals surface area contributed by atoms with Crippen LogP contribution in [-0.4, -0.2) is 41.7 Å². The highest BCUT2D eigenvalue weighted by Gasteiger charge is 2.52. The van der Waals surface area contributed by atoms with E-state index < -0.39 is 40.3 Å². The van der Waals surface area contributed by atoms with E-state index in [1.807, 2.05) is 0 Å². The van der Waals surface area contributed by atoms with Gasteiger partial charge in [-0.1, -0.05) is 6.07 Å². The molecule has 3 heterocycles. The summed E-state index contributed by atoms with van der Waals surface area (Å²) >= 11 is 0. The topological polar surface area (TPSA) is 192 Å². The van der Waals surface area contributed by atoms with Crippen LogP contribution in [0.25, 0.3) is 0 Å². The van der Waals surface area contributed by atoms with Crippen LogP contribution in [-0.2, 0) is 12.2 Å². The molecule has 0 aliphatic carbocycles. The Morgan fingerprint density at radius 3 is 2.24 bits per heavy atom. The van der Waals surface area contributed by atoms with Gasteiger partial charge in [0.2, 0.25) is 0 Å². The van der Waals surface area contributed by atoms with Crippen LogP contribution in [0.1, 0.15) is 46.3 Å². The van der Waals surface area contributed by atoms with Crippen molar-refractivity contribution in [2.24, 2.45) is 0 Å². The monoisotopic (exact) mass is 573 g/mol. The van der Waals surface area contributed by atoms with Gasteiger partial charge in [0.15, 0.2) is 23.0 Å². The van der Waals surface area contributed by atoms with Gasteiger partial charge in [-0.3, -0.25) is 10.1 Å². The summed E-state index contributed by atoms with van der Waals surface area (Å²) in [6.45, 7) is 0. The summed E-state index contributed by atoms with van der Waals surface area (Å²) in [5, 5.41) is 73.7. The minimum absolute atomic E-state index is 0.0251. The summed E-state index contributed by atoms with van der Waals surface area (Å²) in [6.07, 6.45) is -2.08. The minimum Gasteiger partial charge on any atom is -0.507 e. The normalized spacial score (nSPS) is 23.3. The van der Waals surface area contributed by atoms with Gasteiger partial charge in [0, 0.05) is 59.2 Å². The molecule has 4 atom stereocenters. The Morgan fingerprint density at radius 2 is 1.52 bits per heavy atom. The van der Waals surface area contributed by atoms with Crippen LogP contribution in [0.15, 0.2) is 60.7 Å². The average Bonchev–Trinajstić information content (AvgIpc) is 2.95. The molecule has 3 aliphatic rings. The molecule has 214 valence electrons. The van der Waals surface area contributed by atoms with Gasteiger partial charge in [0.25, 0.3) is 11.5 Å². The molecule has 0 radical (unpaired) electrons. The molecule has 7 rings (SSSR count). The number of rotatable bonds is 3. The molecule has 4 aromatic carbocycles. The lowest BCUT2D eigenvalue weighted by Gasteiger charge is -2.47. The van der Waals surface area contributed by atoms with Crippen molar-refractivity contribution in [2.75, 3.05) is 0 Å². The van der Waals surface area contributed by atoms with Crippen LogP contribution in [0.2, 0.25) is 0 Å². The molecule has 6 N–H and O–H groups in total. The van der Waals surface area contributed by atoms with Gasteiger partial charge < -0.3 is 44.8 Å². The van der Waals surface area contributed by atoms with Crippen molar-refractivity contribution in [3.05, 3.63) is 98.6 Å². The maximum Gasteiger partial charge on any atom is 0.279 e. The average molecular weight is 574 g/mol. The number of phenolic OH excluding ortho intramolecular Hbond substituents is 5. The van der Waals surface area contributed by atoms with Gasteiger partial charge in [0.1, 0.15) is 29.1 Å². The van der Waals surface area contributed by atoms with Gasteiger partial charge in [-0.2, -0.15) is 0 Å². The molecule has 0 saturated carbocycles. The number of hydrogen-bond acceptors (Lipinski definition) is 11. The first-order valence-corrected chi connectivity index (χ1v) is 13.0. The molecule has 42 heavy (non-hydrogen) atoms. The predicted octanol–water partition coefficient (Wildman–Crippen LogP) is 4.32. The molecule has 12 nitrogen and oxygen atoms in total. The second-order valence-electron chi connectivity index (χ2n) is 10.6. The van der Waals surface area contributed by atoms with Crippen molar-refractivity contribution in [1.29, 1.82) is 0 Å². The van der Waals surface area contributed by atoms with E-state index in [1.54, 1.807) is 0 Å². The number of aliphatic hydroxyl groups is 1. The third kappa shape index (κ3) is 3.72. The summed E-state index contributed by atoms with van der Waals surface area (Å²) in [4.78, 5) is 11.2. The smallest absolute Gasteiger partial charge is 0.279 e. The van der Waals surface area contributed by atoms with Crippen LogP contribution < -0.4 is 14.2 Å². The Hall–Kier alpha value is -5.36. The zero-order valence-electron chi connectivity index (χ0n) is 21.6. The van der Waals surface area contributed by atoms with E-state index in [0.717, 1.165) is 0 Å². The van der Waals surface area contributed by atoms with Crippen molar-refractivity contribution in [1.82, 2.24) is 0 Å². The number of nitrogens with zero attached hydrogens (tertiary/aromatic N) is 1. The van der Waals surface area contributed by atoms with E-state index in [-0.39, 0.29) is 53.0 Å². The van der Waals surface area contributed by atoms with Crippen molar-refractivity contribution in [2.45, 2.75) is 36.8 Å². The Kier molecular flexibility index (Phi) is 5.37. The van der Waals surface area contributed by atoms with E-state index in [2.05, 4.69) is 0 Å². The number of hydrogen-bond donors (Lipinski definition) is 6. The lowest BCUT2D eigenvalue weighted by Crippen LogP contribution is -2.47. The summed E-state index contributed by atoms with van der Waals surface area (Å²) in [6, 6.07) is 13.7. The third-order valence-corrected chi connectivity index (χ3v) is 8.06. The highest BCUT2D eigenvalue weighted by atomic mass is 16.7. The minimum atomic E-state index is -1.55. The lowest BCUT2D eigenvalue weighted by atomic mass is 9.76. The summed E-state index contributed by atoms with van der Waals surface area (Å²) < 4.78 is 19.1. The van der Waals surface area contributed by atoms with Gasteiger partial charge in [-0.15, -0.1) is 0 Å². The number of aliphatic hydroxyl groups excluding tert-OH is 1. The van der Waals surface area contributed by atoms with Gasteiger partial charge >= 0.3 is 0 Å². The molecule has 0 aromatic heterocycles. The maximum absolute atomic E-state index is 11.7. The fourth-order valence-electron chi connectivity index (χ4n) is 6.06. The van der Waals surface area contributed by atoms with Crippen LogP contribution in [0.3, 0.4) is 0 Å². The van der Waals surface area contributed by atoms with Gasteiger partial charge in [0.05, 0.1) is 11.0 Å². The van der Waals surface area contributed by atoms with Crippen LogP contribution >= 0.6 is 0 Å². The van der Waals surface area contributed by atoms with Crippen LogP contribution in [0, 0.1) is 10.1 Å². The zero-order valence-corrected chi connectivity index (χ0v) is 21.6. The first kappa shape index (κ1) is 25.6. The van der Waals surface area contributed by atoms with Gasteiger partial charge in [-0.25, -0.2) is 0 Å². The third-order valence-electron chi connectivity index (χ3n) is 8.06. The zero-order chi connectivity index (χ0) is 29.5. The molecule has 2 bridgehead atoms. The molecule has 3 aliphatic heterocycles. The molecule has 2 unspecified atom stereocenters. The SMILES string of the molecule is O=[N+]([O-])c1ccc2c(c1)C1CC(c3ccc(O)c(O)c3)(O2)Oc2cc(O)c3c(c21)O[C@H](c1ccc(O)c(O)c1)[C@@H](O)C3. The van der Waals surface area contributed by atoms with E-state index in [1.165, 1.54) is 60.7 Å². The van der Waals surface area contributed by atoms with Crippen LogP contribution in [0.5, 0.6) is 46.0 Å². The molecule has 0 amide bonds. The largest absolute Gasteiger partial charge is 0.507 e. The Morgan fingerprint density at radius 1 is 0.810 bits per heavy atom. The second kappa shape index (κ2) is 8.82. The lowest BCUT2D eigenvalue weighted by molar-refractivity contribution is -0.385. The van der Waals surface area contributed by atoms with Gasteiger partial charge in [-0.05, 0) is 42.0 Å². The Bertz CT molecular complexity index is 1800. The Labute approximate surface area is 237 Å². The van der Waals surface area contributed by atoms with E-state index in [9.17, 15) is 40.8 Å². The van der Waals surface area contributed by atoms with Crippen LogP contribution in [0.4, 0.5) is 5.69 Å². The summed E-state index contributed by atoms with van der Waals surface area (Å²) in [5.41, 5.74) is 1.79. The highest BCUT2D eigenvalue weighted by Crippen LogP contribution is 2.60. The highest BCUT2D eigenvalue weighted by molar-refractivity contribution is 5.65. The molecule has 0 spiro atoms. The summed E-state index contributed by atoms with van der Waals surface area (Å²) in [7, 11) is 0. The number of non-ortho nitro benzene ring substituents is 1. The standard InChI is InChI=1S/C30H23NO11/c32-19-4-1-13(7-22(19)35)28-24(37)10-17-21(34)11-26-27(29(17)40-28)18-12-30(42-26,14-2-5-20(33)23(36)8-14)41-25-6-3-15(31(38)39)9-16(18)25/h1-9,11,18,24,28,32-37H,10,12H2/t18?,24-,28+,30?/m0/s1. The van der Waals surface area contributed by atoms with Crippen molar-refractivity contribution < 1.29 is 49.8 Å².